The molecule has 1 N–H and O–H groups in total. The van der Waals surface area contributed by atoms with Crippen molar-refractivity contribution in [1.29, 1.82) is 0 Å². The molecule has 2 unspecified atom stereocenters. The molecule has 0 saturated carbocycles. The van der Waals surface area contributed by atoms with Crippen LogP contribution in [0.1, 0.15) is 43.6 Å². The molecule has 0 bridgehead atoms. The van der Waals surface area contributed by atoms with Crippen molar-refractivity contribution in [1.82, 2.24) is 20.0 Å². The third-order valence-corrected chi connectivity index (χ3v) is 5.00. The van der Waals surface area contributed by atoms with Gasteiger partial charge in [0, 0.05) is 45.0 Å². The first-order valence-electron chi connectivity index (χ1n) is 10.5. The molecular formula is C22H33N5O2. The van der Waals surface area contributed by atoms with Crippen molar-refractivity contribution in [2.24, 2.45) is 12.0 Å². The summed E-state index contributed by atoms with van der Waals surface area (Å²) in [5, 5.41) is 7.68. The first kappa shape index (κ1) is 21.3. The zero-order valence-electron chi connectivity index (χ0n) is 17.8. The lowest BCUT2D eigenvalue weighted by Gasteiger charge is -2.34. The average molecular weight is 400 g/mol. The lowest BCUT2D eigenvalue weighted by Crippen LogP contribution is -2.48. The predicted octanol–water partition coefficient (Wildman–Crippen LogP) is 2.93. The second-order valence-electron chi connectivity index (χ2n) is 7.27. The van der Waals surface area contributed by atoms with Gasteiger partial charge in [-0.25, -0.2) is 0 Å². The largest absolute Gasteiger partial charge is 0.374 e. The monoisotopic (exact) mass is 399 g/mol. The van der Waals surface area contributed by atoms with Crippen molar-refractivity contribution in [2.45, 2.75) is 32.5 Å². The fourth-order valence-electron chi connectivity index (χ4n) is 3.41. The number of nitrogens with zero attached hydrogens (tertiary/aromatic N) is 4. The molecule has 29 heavy (non-hydrogen) atoms. The van der Waals surface area contributed by atoms with E-state index in [1.54, 1.807) is 0 Å². The quantitative estimate of drug-likeness (QED) is 0.420. The Kier molecular flexibility index (Phi) is 8.07. The molecule has 1 fully saturated rings. The van der Waals surface area contributed by atoms with Crippen LogP contribution >= 0.6 is 0 Å². The summed E-state index contributed by atoms with van der Waals surface area (Å²) < 4.78 is 13.7. The van der Waals surface area contributed by atoms with Crippen LogP contribution in [0, 0.1) is 0 Å². The Bertz CT molecular complexity index is 762. The fourth-order valence-corrected chi connectivity index (χ4v) is 3.41. The third kappa shape index (κ3) is 6.30. The van der Waals surface area contributed by atoms with Crippen LogP contribution in [-0.4, -0.2) is 60.0 Å². The molecule has 2 atom stereocenters. The van der Waals surface area contributed by atoms with Crippen LogP contribution in [0.4, 0.5) is 0 Å². The lowest BCUT2D eigenvalue weighted by atomic mass is 10.1. The molecule has 1 aliphatic heterocycles. The molecule has 2 heterocycles. The predicted molar refractivity (Wildman–Crippen MR) is 115 cm³/mol. The van der Waals surface area contributed by atoms with Gasteiger partial charge in [0.1, 0.15) is 6.10 Å². The number of ether oxygens (including phenoxy) is 2. The van der Waals surface area contributed by atoms with Crippen molar-refractivity contribution >= 4 is 5.96 Å². The summed E-state index contributed by atoms with van der Waals surface area (Å²) in [7, 11) is 1.93. The number of guanidine groups is 1. The van der Waals surface area contributed by atoms with Gasteiger partial charge in [0.25, 0.3) is 0 Å². The molecule has 7 nitrogen and oxygen atoms in total. The smallest absolute Gasteiger partial charge is 0.194 e. The van der Waals surface area contributed by atoms with Gasteiger partial charge in [0.15, 0.2) is 5.96 Å². The second-order valence-corrected chi connectivity index (χ2v) is 7.27. The number of hydrogen-bond donors (Lipinski definition) is 1. The van der Waals surface area contributed by atoms with Crippen LogP contribution < -0.4 is 5.32 Å². The number of nitrogens with one attached hydrogen (secondary N) is 1. The molecule has 158 valence electrons. The lowest BCUT2D eigenvalue weighted by molar-refractivity contribution is -0.00807. The van der Waals surface area contributed by atoms with Gasteiger partial charge < -0.3 is 19.7 Å². The molecule has 7 heteroatoms. The van der Waals surface area contributed by atoms with Crippen molar-refractivity contribution in [3.05, 3.63) is 53.9 Å². The van der Waals surface area contributed by atoms with Gasteiger partial charge >= 0.3 is 0 Å². The Morgan fingerprint density at radius 2 is 2.21 bits per heavy atom. The highest BCUT2D eigenvalue weighted by atomic mass is 16.5. The molecule has 1 saturated heterocycles. The molecule has 1 aromatic carbocycles. The number of benzene rings is 1. The van der Waals surface area contributed by atoms with E-state index < -0.39 is 0 Å². The normalized spacial score (nSPS) is 18.7. The maximum Gasteiger partial charge on any atom is 0.194 e. The summed E-state index contributed by atoms with van der Waals surface area (Å²) >= 11 is 0. The highest BCUT2D eigenvalue weighted by Gasteiger charge is 2.25. The summed E-state index contributed by atoms with van der Waals surface area (Å²) in [5.74, 6) is 0.945. The van der Waals surface area contributed by atoms with Crippen LogP contribution in [0.15, 0.2) is 47.7 Å². The third-order valence-electron chi connectivity index (χ3n) is 5.00. The molecule has 1 aliphatic rings. The van der Waals surface area contributed by atoms with Crippen LogP contribution in [-0.2, 0) is 16.5 Å². The summed E-state index contributed by atoms with van der Waals surface area (Å²) in [6.07, 6.45) is 4.92. The Labute approximate surface area is 173 Å². The molecule has 0 aliphatic carbocycles. The molecular weight excluding hydrogens is 366 g/mol. The summed E-state index contributed by atoms with van der Waals surface area (Å²) in [5.41, 5.74) is 2.32. The zero-order chi connectivity index (χ0) is 20.5. The fraction of sp³-hybridized carbons (Fsp3) is 0.545. The van der Waals surface area contributed by atoms with E-state index in [0.29, 0.717) is 13.2 Å². The summed E-state index contributed by atoms with van der Waals surface area (Å²) in [4.78, 5) is 7.09. The molecule has 1 aromatic heterocycles. The second kappa shape index (κ2) is 11.0. The van der Waals surface area contributed by atoms with Gasteiger partial charge in [0.2, 0.25) is 0 Å². The Morgan fingerprint density at radius 1 is 1.38 bits per heavy atom. The zero-order valence-corrected chi connectivity index (χ0v) is 17.8. The Hall–Kier alpha value is -2.38. The molecule has 2 aromatic rings. The highest BCUT2D eigenvalue weighted by molar-refractivity contribution is 5.80. The van der Waals surface area contributed by atoms with Crippen LogP contribution in [0.2, 0.25) is 0 Å². The number of hydrogen-bond acceptors (Lipinski definition) is 4. The summed E-state index contributed by atoms with van der Waals surface area (Å²) in [6, 6.07) is 10.3. The SMILES string of the molecule is CCNC(=NCCCOC(C)c1ccccc1)N1CCOC(c2cnn(C)c2)C1. The minimum atomic E-state index is 0.0244. The Morgan fingerprint density at radius 3 is 2.93 bits per heavy atom. The Balaban J connectivity index is 1.48. The van der Waals surface area contributed by atoms with Gasteiger partial charge in [-0.2, -0.15) is 5.10 Å². The van der Waals surface area contributed by atoms with E-state index in [1.165, 1.54) is 5.56 Å². The number of aromatic nitrogens is 2. The van der Waals surface area contributed by atoms with Gasteiger partial charge in [-0.15, -0.1) is 0 Å². The van der Waals surface area contributed by atoms with Gasteiger partial charge in [-0.05, 0) is 25.8 Å². The highest BCUT2D eigenvalue weighted by Crippen LogP contribution is 2.21. The van der Waals surface area contributed by atoms with Crippen molar-refractivity contribution in [3.63, 3.8) is 0 Å². The minimum Gasteiger partial charge on any atom is -0.374 e. The van der Waals surface area contributed by atoms with Gasteiger partial charge in [-0.1, -0.05) is 30.3 Å². The number of aliphatic imine (C=N–C) groups is 1. The molecule has 0 radical (unpaired) electrons. The first-order valence-corrected chi connectivity index (χ1v) is 10.5. The van der Waals surface area contributed by atoms with Gasteiger partial charge in [-0.3, -0.25) is 9.67 Å². The number of aryl methyl sites for hydroxylation is 1. The molecule has 3 rings (SSSR count). The first-order chi connectivity index (χ1) is 14.2. The van der Waals surface area contributed by atoms with E-state index in [2.05, 4.69) is 41.3 Å². The number of morpholine rings is 1. The van der Waals surface area contributed by atoms with E-state index in [-0.39, 0.29) is 12.2 Å². The van der Waals surface area contributed by atoms with Crippen molar-refractivity contribution < 1.29 is 9.47 Å². The van der Waals surface area contributed by atoms with Crippen molar-refractivity contribution in [3.8, 4) is 0 Å². The van der Waals surface area contributed by atoms with E-state index in [0.717, 1.165) is 44.1 Å². The van der Waals surface area contributed by atoms with Crippen LogP contribution in [0.3, 0.4) is 0 Å². The standard InChI is InChI=1S/C22H33N5O2/c1-4-23-22(24-11-8-13-28-18(2)19-9-6-5-7-10-19)27-12-14-29-21(17-27)20-15-25-26(3)16-20/h5-7,9-10,15-16,18,21H,4,8,11-14,17H2,1-3H3,(H,23,24). The van der Waals surface area contributed by atoms with Crippen LogP contribution in [0.5, 0.6) is 0 Å². The average Bonchev–Trinajstić information content (AvgIpc) is 3.19. The maximum atomic E-state index is 5.96. The topological polar surface area (TPSA) is 63.9 Å². The number of rotatable bonds is 8. The van der Waals surface area contributed by atoms with E-state index in [9.17, 15) is 0 Å². The minimum absolute atomic E-state index is 0.0244. The van der Waals surface area contributed by atoms with E-state index in [1.807, 2.05) is 42.3 Å². The molecule has 0 spiro atoms. The maximum absolute atomic E-state index is 5.96. The van der Waals surface area contributed by atoms with Gasteiger partial charge in [0.05, 0.1) is 25.5 Å². The van der Waals surface area contributed by atoms with Crippen molar-refractivity contribution in [2.75, 3.05) is 39.4 Å². The van der Waals surface area contributed by atoms with E-state index >= 15 is 0 Å². The van der Waals surface area contributed by atoms with E-state index in [4.69, 9.17) is 14.5 Å². The summed E-state index contributed by atoms with van der Waals surface area (Å²) in [6.45, 7) is 8.76. The molecule has 0 amide bonds. The van der Waals surface area contributed by atoms with Crippen LogP contribution in [0.25, 0.3) is 0 Å².